The van der Waals surface area contributed by atoms with E-state index in [4.69, 9.17) is 0 Å². The highest BCUT2D eigenvalue weighted by atomic mass is 32.2. The van der Waals surface area contributed by atoms with Gasteiger partial charge in [-0.25, -0.2) is 0 Å². The maximum atomic E-state index is 12.1. The first-order chi connectivity index (χ1) is 8.46. The summed E-state index contributed by atoms with van der Waals surface area (Å²) < 4.78 is 40.2. The molecule has 0 unspecified atom stereocenters. The zero-order valence-corrected chi connectivity index (χ0v) is 10.7. The van der Waals surface area contributed by atoms with E-state index in [2.05, 4.69) is 9.73 Å². The average molecular weight is 275 g/mol. The van der Waals surface area contributed by atoms with Gasteiger partial charge in [-0.15, -0.1) is 24.9 Å². The van der Waals surface area contributed by atoms with Crippen molar-refractivity contribution in [2.75, 3.05) is 6.26 Å². The van der Waals surface area contributed by atoms with Crippen molar-refractivity contribution in [3.63, 3.8) is 0 Å². The van der Waals surface area contributed by atoms with Crippen LogP contribution in [0.4, 0.5) is 13.2 Å². The predicted octanol–water partition coefficient (Wildman–Crippen LogP) is 4.34. The Morgan fingerprint density at radius 3 is 2.67 bits per heavy atom. The van der Waals surface area contributed by atoms with Crippen molar-refractivity contribution >= 4 is 23.7 Å². The number of alkyl halides is 3. The van der Waals surface area contributed by atoms with Crippen LogP contribution in [0.15, 0.2) is 34.7 Å². The number of hydrogen-bond acceptors (Lipinski definition) is 3. The van der Waals surface area contributed by atoms with E-state index in [1.807, 2.05) is 6.26 Å². The minimum Gasteiger partial charge on any atom is -0.406 e. The van der Waals surface area contributed by atoms with Crippen LogP contribution in [0, 0.1) is 0 Å². The van der Waals surface area contributed by atoms with Gasteiger partial charge in [-0.05, 0) is 30.7 Å². The van der Waals surface area contributed by atoms with Crippen molar-refractivity contribution in [3.05, 3.63) is 35.2 Å². The summed E-state index contributed by atoms with van der Waals surface area (Å²) in [7, 11) is 0. The van der Waals surface area contributed by atoms with Crippen LogP contribution in [-0.4, -0.2) is 18.8 Å². The topological polar surface area (TPSA) is 21.6 Å². The molecule has 18 heavy (non-hydrogen) atoms. The predicted molar refractivity (Wildman–Crippen MR) is 68.8 cm³/mol. The quantitative estimate of drug-likeness (QED) is 0.762. The largest absolute Gasteiger partial charge is 0.573 e. The molecule has 98 valence electrons. The molecule has 6 heteroatoms. The van der Waals surface area contributed by atoms with E-state index in [0.29, 0.717) is 11.3 Å². The molecule has 0 amide bonds. The van der Waals surface area contributed by atoms with Crippen LogP contribution in [0.1, 0.15) is 12.5 Å². The van der Waals surface area contributed by atoms with E-state index in [1.165, 1.54) is 30.0 Å². The number of hydrogen-bond donors (Lipinski definition) is 0. The highest BCUT2D eigenvalue weighted by Crippen LogP contribution is 2.27. The molecule has 0 aliphatic carbocycles. The van der Waals surface area contributed by atoms with Crippen molar-refractivity contribution in [1.29, 1.82) is 0 Å². The van der Waals surface area contributed by atoms with Gasteiger partial charge in [-0.2, -0.15) is 0 Å². The molecule has 0 heterocycles. The number of benzene rings is 1. The van der Waals surface area contributed by atoms with Crippen LogP contribution in [0.3, 0.4) is 0 Å². The minimum absolute atomic E-state index is 0.252. The first-order valence-electron chi connectivity index (χ1n) is 5.04. The first-order valence-corrected chi connectivity index (χ1v) is 6.33. The normalized spacial score (nSPS) is 13.1. The van der Waals surface area contributed by atoms with Gasteiger partial charge in [0, 0.05) is 11.8 Å². The number of thioether (sulfide) groups is 1. The second kappa shape index (κ2) is 6.49. The second-order valence-corrected chi connectivity index (χ2v) is 3.91. The molecular formula is C12H12F3NOS. The Hall–Kier alpha value is -1.43. The second-order valence-electron chi connectivity index (χ2n) is 3.20. The van der Waals surface area contributed by atoms with E-state index in [0.717, 1.165) is 0 Å². The van der Waals surface area contributed by atoms with Gasteiger partial charge in [0.05, 0.1) is 5.70 Å². The fourth-order valence-electron chi connectivity index (χ4n) is 1.28. The molecule has 0 spiro atoms. The SMILES string of the molecule is CC=N/C(=C\SC)c1cccc(OC(F)(F)F)c1. The van der Waals surface area contributed by atoms with Crippen molar-refractivity contribution in [1.82, 2.24) is 0 Å². The molecule has 2 nitrogen and oxygen atoms in total. The third-order valence-electron chi connectivity index (χ3n) is 1.86. The monoisotopic (exact) mass is 275 g/mol. The molecule has 0 saturated carbocycles. The zero-order chi connectivity index (χ0) is 13.6. The first kappa shape index (κ1) is 14.6. The number of ether oxygens (including phenoxy) is 1. The summed E-state index contributed by atoms with van der Waals surface area (Å²) in [4.78, 5) is 4.10. The van der Waals surface area contributed by atoms with Crippen molar-refractivity contribution in [2.45, 2.75) is 13.3 Å². The Bertz CT molecular complexity index is 455. The fraction of sp³-hybridized carbons (Fsp3) is 0.250. The highest BCUT2D eigenvalue weighted by Gasteiger charge is 2.31. The van der Waals surface area contributed by atoms with Gasteiger partial charge in [0.25, 0.3) is 0 Å². The van der Waals surface area contributed by atoms with Crippen LogP contribution in [0.5, 0.6) is 5.75 Å². The van der Waals surface area contributed by atoms with Crippen LogP contribution in [0.2, 0.25) is 0 Å². The lowest BCUT2D eigenvalue weighted by Gasteiger charge is -2.10. The van der Waals surface area contributed by atoms with E-state index < -0.39 is 6.36 Å². The Balaban J connectivity index is 3.03. The maximum Gasteiger partial charge on any atom is 0.573 e. The third-order valence-corrected chi connectivity index (χ3v) is 2.32. The molecule has 1 aromatic rings. The molecule has 1 aromatic carbocycles. The summed E-state index contributed by atoms with van der Waals surface area (Å²) in [6.07, 6.45) is -1.25. The molecule has 0 saturated heterocycles. The lowest BCUT2D eigenvalue weighted by Crippen LogP contribution is -2.17. The number of nitrogens with zero attached hydrogens (tertiary/aromatic N) is 1. The summed E-state index contributed by atoms with van der Waals surface area (Å²) in [5.41, 5.74) is 1.17. The number of rotatable bonds is 4. The van der Waals surface area contributed by atoms with Crippen LogP contribution >= 0.6 is 11.8 Å². The zero-order valence-electron chi connectivity index (χ0n) is 9.86. The van der Waals surface area contributed by atoms with Gasteiger partial charge in [0.1, 0.15) is 5.75 Å². The summed E-state index contributed by atoms with van der Waals surface area (Å²) in [5.74, 6) is -0.252. The Kier molecular flexibility index (Phi) is 5.27. The van der Waals surface area contributed by atoms with Crippen LogP contribution in [0.25, 0.3) is 5.70 Å². The molecule has 0 radical (unpaired) electrons. The molecule has 0 aliphatic heterocycles. The molecule has 0 N–H and O–H groups in total. The molecule has 0 atom stereocenters. The van der Waals surface area contributed by atoms with Crippen LogP contribution < -0.4 is 4.74 Å². The lowest BCUT2D eigenvalue weighted by atomic mass is 10.2. The van der Waals surface area contributed by atoms with E-state index in [1.54, 1.807) is 24.6 Å². The Morgan fingerprint density at radius 1 is 1.39 bits per heavy atom. The fourth-order valence-corrected chi connectivity index (χ4v) is 1.70. The van der Waals surface area contributed by atoms with Crippen molar-refractivity contribution in [3.8, 4) is 5.75 Å². The minimum atomic E-state index is -4.68. The molecule has 0 aliphatic rings. The molecule has 0 aromatic heterocycles. The van der Waals surface area contributed by atoms with Crippen molar-refractivity contribution < 1.29 is 17.9 Å². The highest BCUT2D eigenvalue weighted by molar-refractivity contribution is 8.01. The summed E-state index contributed by atoms with van der Waals surface area (Å²) in [6, 6.07) is 5.74. The maximum absolute atomic E-state index is 12.1. The van der Waals surface area contributed by atoms with Gasteiger partial charge in [-0.3, -0.25) is 4.99 Å². The summed E-state index contributed by atoms with van der Waals surface area (Å²) >= 11 is 1.42. The van der Waals surface area contributed by atoms with Crippen LogP contribution in [-0.2, 0) is 0 Å². The number of halogens is 3. The third kappa shape index (κ3) is 4.83. The molecule has 0 fully saturated rings. The summed E-state index contributed by atoms with van der Waals surface area (Å²) in [6.45, 7) is 1.74. The summed E-state index contributed by atoms with van der Waals surface area (Å²) in [5, 5.41) is 1.76. The van der Waals surface area contributed by atoms with Gasteiger partial charge in [-0.1, -0.05) is 12.1 Å². The lowest BCUT2D eigenvalue weighted by molar-refractivity contribution is -0.274. The van der Waals surface area contributed by atoms with E-state index in [-0.39, 0.29) is 5.75 Å². The van der Waals surface area contributed by atoms with Crippen molar-refractivity contribution in [2.24, 2.45) is 4.99 Å². The van der Waals surface area contributed by atoms with Gasteiger partial charge < -0.3 is 4.74 Å². The standard InChI is InChI=1S/C12H12F3NOS/c1-3-16-11(8-18-2)9-5-4-6-10(7-9)17-12(13,14)15/h3-8H,1-2H3/b11-8-,16-3?. The van der Waals surface area contributed by atoms with Gasteiger partial charge in [0.2, 0.25) is 0 Å². The average Bonchev–Trinajstić information content (AvgIpc) is 2.27. The smallest absolute Gasteiger partial charge is 0.406 e. The van der Waals surface area contributed by atoms with Gasteiger partial charge in [0.15, 0.2) is 0 Å². The molecule has 1 rings (SSSR count). The Morgan fingerprint density at radius 2 is 2.11 bits per heavy atom. The van der Waals surface area contributed by atoms with Gasteiger partial charge >= 0.3 is 6.36 Å². The molecule has 0 bridgehead atoms. The van der Waals surface area contributed by atoms with E-state index in [9.17, 15) is 13.2 Å². The number of aliphatic imine (C=N–C) groups is 1. The Labute approximate surface area is 108 Å². The molecular weight excluding hydrogens is 263 g/mol. The van der Waals surface area contributed by atoms with E-state index >= 15 is 0 Å².